The summed E-state index contributed by atoms with van der Waals surface area (Å²) in [5, 5.41) is 6.36. The molecule has 1 saturated carbocycles. The van der Waals surface area contributed by atoms with E-state index in [4.69, 9.17) is 0 Å². The highest BCUT2D eigenvalue weighted by Gasteiger charge is 2.38. The molecule has 0 spiro atoms. The number of carbonyl (C=O) groups excluding carboxylic acids is 2. The van der Waals surface area contributed by atoms with Gasteiger partial charge in [0.1, 0.15) is 6.04 Å². The highest BCUT2D eigenvalue weighted by molar-refractivity contribution is 6.05. The van der Waals surface area contributed by atoms with E-state index in [2.05, 4.69) is 21.6 Å². The van der Waals surface area contributed by atoms with Gasteiger partial charge in [-0.15, -0.1) is 0 Å². The number of nitrogens with zero attached hydrogens (tertiary/aromatic N) is 2. The van der Waals surface area contributed by atoms with E-state index < -0.39 is 0 Å². The van der Waals surface area contributed by atoms with Gasteiger partial charge in [-0.2, -0.15) is 0 Å². The molecule has 1 aliphatic heterocycles. The summed E-state index contributed by atoms with van der Waals surface area (Å²) in [5.74, 6) is 0.0830. The highest BCUT2D eigenvalue weighted by Crippen LogP contribution is 2.41. The Hall–Kier alpha value is -3.02. The van der Waals surface area contributed by atoms with E-state index in [-0.39, 0.29) is 23.9 Å². The average Bonchev–Trinajstić information content (AvgIpc) is 3.26. The van der Waals surface area contributed by atoms with Crippen LogP contribution in [0.2, 0.25) is 0 Å². The van der Waals surface area contributed by atoms with Gasteiger partial charge in [0, 0.05) is 36.1 Å². The van der Waals surface area contributed by atoms with Gasteiger partial charge in [0.25, 0.3) is 5.91 Å². The van der Waals surface area contributed by atoms with E-state index in [0.717, 1.165) is 35.6 Å². The first-order valence-electron chi connectivity index (χ1n) is 11.2. The lowest BCUT2D eigenvalue weighted by Gasteiger charge is -2.43. The first-order chi connectivity index (χ1) is 14.8. The Morgan fingerprint density at radius 3 is 2.29 bits per heavy atom. The number of nitrogens with one attached hydrogen (secondary N) is 2. The third kappa shape index (κ3) is 4.24. The maximum Gasteiger partial charge on any atom is 0.251 e. The van der Waals surface area contributed by atoms with Crippen LogP contribution in [0.4, 0.5) is 22.7 Å². The summed E-state index contributed by atoms with van der Waals surface area (Å²) in [4.78, 5) is 29.1. The number of likely N-dealkylation sites (N-methyl/N-ethyl adjacent to an activating group) is 1. The largest absolute Gasteiger partial charge is 0.355 e. The fourth-order valence-corrected chi connectivity index (χ4v) is 4.73. The molecule has 4 rings (SSSR count). The molecule has 164 valence electrons. The van der Waals surface area contributed by atoms with Crippen LogP contribution in [0.25, 0.3) is 0 Å². The number of anilines is 4. The highest BCUT2D eigenvalue weighted by atomic mass is 16.2. The van der Waals surface area contributed by atoms with E-state index >= 15 is 0 Å². The maximum absolute atomic E-state index is 12.8. The number of rotatable bonds is 5. The van der Waals surface area contributed by atoms with Crippen molar-refractivity contribution >= 4 is 34.6 Å². The molecule has 0 saturated heterocycles. The quantitative estimate of drug-likeness (QED) is 0.737. The molecule has 1 aliphatic carbocycles. The summed E-state index contributed by atoms with van der Waals surface area (Å²) < 4.78 is 0. The summed E-state index contributed by atoms with van der Waals surface area (Å²) in [5.41, 5.74) is 4.60. The van der Waals surface area contributed by atoms with Crippen molar-refractivity contribution in [2.75, 3.05) is 22.2 Å². The normalized spacial score (nSPS) is 19.0. The van der Waals surface area contributed by atoms with E-state index in [0.29, 0.717) is 11.6 Å². The molecule has 6 heteroatoms. The predicted octanol–water partition coefficient (Wildman–Crippen LogP) is 4.68. The number of carbonyl (C=O) groups is 2. The molecular weight excluding hydrogens is 388 g/mol. The van der Waals surface area contributed by atoms with E-state index in [9.17, 15) is 9.59 Å². The third-order valence-electron chi connectivity index (χ3n) is 6.29. The molecule has 1 atom stereocenters. The second kappa shape index (κ2) is 8.61. The Bertz CT molecular complexity index is 964. The number of hydrogen-bond donors (Lipinski definition) is 2. The lowest BCUT2D eigenvalue weighted by Crippen LogP contribution is -2.54. The van der Waals surface area contributed by atoms with Crippen LogP contribution in [-0.2, 0) is 4.79 Å². The zero-order valence-electron chi connectivity index (χ0n) is 18.8. The molecule has 2 aromatic rings. The van der Waals surface area contributed by atoms with Crippen LogP contribution in [-0.4, -0.2) is 37.0 Å². The Balaban J connectivity index is 1.58. The van der Waals surface area contributed by atoms with Crippen molar-refractivity contribution in [3.8, 4) is 0 Å². The molecule has 2 aromatic carbocycles. The van der Waals surface area contributed by atoms with E-state index in [1.165, 1.54) is 12.8 Å². The standard InChI is InChI=1S/C25H32N4O2/c1-16(2)26-24(30)18-9-11-19(12-10-18)27-20-13-14-22-23(15-20)29(21-7-5-6-8-21)17(3)25(31)28(22)4/h9-17,21,27H,5-8H2,1-4H3,(H,26,30)/t17-/m1/s1. The van der Waals surface area contributed by atoms with Gasteiger partial charge in [0.05, 0.1) is 11.4 Å². The van der Waals surface area contributed by atoms with Crippen molar-refractivity contribution in [1.82, 2.24) is 5.32 Å². The fraction of sp³-hybridized carbons (Fsp3) is 0.440. The van der Waals surface area contributed by atoms with Crippen molar-refractivity contribution in [3.63, 3.8) is 0 Å². The smallest absolute Gasteiger partial charge is 0.251 e. The zero-order chi connectivity index (χ0) is 22.1. The minimum Gasteiger partial charge on any atom is -0.355 e. The molecule has 0 aromatic heterocycles. The van der Waals surface area contributed by atoms with Gasteiger partial charge >= 0.3 is 0 Å². The van der Waals surface area contributed by atoms with Gasteiger partial charge in [0.15, 0.2) is 0 Å². The molecule has 0 radical (unpaired) electrons. The topological polar surface area (TPSA) is 64.7 Å². The Labute approximate surface area is 184 Å². The van der Waals surface area contributed by atoms with Gasteiger partial charge in [0.2, 0.25) is 5.91 Å². The second-order valence-electron chi connectivity index (χ2n) is 8.95. The van der Waals surface area contributed by atoms with Gasteiger partial charge < -0.3 is 20.4 Å². The minimum absolute atomic E-state index is 0.0655. The van der Waals surface area contributed by atoms with Gasteiger partial charge in [-0.3, -0.25) is 9.59 Å². The van der Waals surface area contributed by atoms with Crippen molar-refractivity contribution in [2.24, 2.45) is 0 Å². The monoisotopic (exact) mass is 420 g/mol. The Morgan fingerprint density at radius 1 is 1.00 bits per heavy atom. The van der Waals surface area contributed by atoms with Crippen LogP contribution in [0.3, 0.4) is 0 Å². The molecule has 2 amide bonds. The Kier molecular flexibility index (Phi) is 5.90. The molecular formula is C25H32N4O2. The summed E-state index contributed by atoms with van der Waals surface area (Å²) >= 11 is 0. The predicted molar refractivity (Wildman–Crippen MR) is 126 cm³/mol. The van der Waals surface area contributed by atoms with Crippen LogP contribution in [0.1, 0.15) is 56.8 Å². The summed E-state index contributed by atoms with van der Waals surface area (Å²) in [6, 6.07) is 14.0. The summed E-state index contributed by atoms with van der Waals surface area (Å²) in [7, 11) is 1.86. The third-order valence-corrected chi connectivity index (χ3v) is 6.29. The second-order valence-corrected chi connectivity index (χ2v) is 8.95. The molecule has 2 aliphatic rings. The van der Waals surface area contributed by atoms with Gasteiger partial charge in [-0.05, 0) is 76.1 Å². The van der Waals surface area contributed by atoms with Crippen LogP contribution in [0.15, 0.2) is 42.5 Å². The lowest BCUT2D eigenvalue weighted by atomic mass is 10.0. The molecule has 0 bridgehead atoms. The van der Waals surface area contributed by atoms with Crippen LogP contribution >= 0.6 is 0 Å². The zero-order valence-corrected chi connectivity index (χ0v) is 18.8. The summed E-state index contributed by atoms with van der Waals surface area (Å²) in [6.07, 6.45) is 4.72. The average molecular weight is 421 g/mol. The van der Waals surface area contributed by atoms with Crippen molar-refractivity contribution in [3.05, 3.63) is 48.0 Å². The number of benzene rings is 2. The first-order valence-corrected chi connectivity index (χ1v) is 11.2. The molecule has 31 heavy (non-hydrogen) atoms. The molecule has 1 heterocycles. The van der Waals surface area contributed by atoms with Crippen LogP contribution in [0.5, 0.6) is 0 Å². The number of amides is 2. The SMILES string of the molecule is CC(C)NC(=O)c1ccc(Nc2ccc3c(c2)N(C2CCCC2)[C@H](C)C(=O)N3C)cc1. The molecule has 6 nitrogen and oxygen atoms in total. The van der Waals surface area contributed by atoms with E-state index in [1.54, 1.807) is 4.90 Å². The van der Waals surface area contributed by atoms with Crippen molar-refractivity contribution in [2.45, 2.75) is 64.6 Å². The fourth-order valence-electron chi connectivity index (χ4n) is 4.73. The number of hydrogen-bond acceptors (Lipinski definition) is 4. The van der Waals surface area contributed by atoms with Crippen molar-refractivity contribution in [1.29, 1.82) is 0 Å². The maximum atomic E-state index is 12.8. The molecule has 0 unspecified atom stereocenters. The van der Waals surface area contributed by atoms with Gasteiger partial charge in [-0.1, -0.05) is 12.8 Å². The van der Waals surface area contributed by atoms with Crippen LogP contribution < -0.4 is 20.4 Å². The first kappa shape index (κ1) is 21.2. The molecule has 2 N–H and O–H groups in total. The Morgan fingerprint density at radius 2 is 1.65 bits per heavy atom. The van der Waals surface area contributed by atoms with Gasteiger partial charge in [-0.25, -0.2) is 0 Å². The van der Waals surface area contributed by atoms with Crippen LogP contribution in [0, 0.1) is 0 Å². The lowest BCUT2D eigenvalue weighted by molar-refractivity contribution is -0.119. The minimum atomic E-state index is -0.158. The van der Waals surface area contributed by atoms with Crippen molar-refractivity contribution < 1.29 is 9.59 Å². The number of fused-ring (bicyclic) bond motifs is 1. The molecule has 1 fully saturated rings. The summed E-state index contributed by atoms with van der Waals surface area (Å²) in [6.45, 7) is 5.91. The van der Waals surface area contributed by atoms with E-state index in [1.807, 2.05) is 64.2 Å².